The summed E-state index contributed by atoms with van der Waals surface area (Å²) in [6.07, 6.45) is -4.27. The minimum Gasteiger partial charge on any atom is -0.345 e. The minimum atomic E-state index is -4.40. The smallest absolute Gasteiger partial charge is 0.345 e. The van der Waals surface area contributed by atoms with E-state index >= 15 is 0 Å². The van der Waals surface area contributed by atoms with Crippen molar-refractivity contribution < 1.29 is 18.0 Å². The van der Waals surface area contributed by atoms with E-state index in [9.17, 15) is 18.0 Å². The number of aromatic nitrogens is 1. The molecular formula is C19H13F3N2OS2. The number of carbonyl (C=O) groups excluding carboxylic acids is 1. The van der Waals surface area contributed by atoms with E-state index in [4.69, 9.17) is 0 Å². The Hall–Kier alpha value is -2.63. The zero-order valence-corrected chi connectivity index (χ0v) is 15.5. The molecule has 8 heteroatoms. The summed E-state index contributed by atoms with van der Waals surface area (Å²) in [5.74, 6) is 5.04. The van der Waals surface area contributed by atoms with Crippen LogP contribution in [0.3, 0.4) is 0 Å². The highest BCUT2D eigenvalue weighted by atomic mass is 32.1. The van der Waals surface area contributed by atoms with Gasteiger partial charge in [0.15, 0.2) is 0 Å². The molecule has 138 valence electrons. The third kappa shape index (κ3) is 5.42. The molecule has 3 aromatic rings. The van der Waals surface area contributed by atoms with Gasteiger partial charge in [0.2, 0.25) is 5.91 Å². The van der Waals surface area contributed by atoms with E-state index in [0.717, 1.165) is 22.0 Å². The SMILES string of the molecule is O=C(Cc1csc(-c2cccs2)n1)NCC#Cc1cccc(C(F)(F)F)c1. The van der Waals surface area contributed by atoms with Gasteiger partial charge in [-0.15, -0.1) is 22.7 Å². The van der Waals surface area contributed by atoms with Crippen LogP contribution in [0.2, 0.25) is 0 Å². The number of hydrogen-bond acceptors (Lipinski definition) is 4. The third-order valence-corrected chi connectivity index (χ3v) is 5.35. The van der Waals surface area contributed by atoms with Crippen molar-refractivity contribution in [2.75, 3.05) is 6.54 Å². The maximum atomic E-state index is 12.7. The topological polar surface area (TPSA) is 42.0 Å². The van der Waals surface area contributed by atoms with E-state index < -0.39 is 11.7 Å². The van der Waals surface area contributed by atoms with Gasteiger partial charge >= 0.3 is 6.18 Å². The highest BCUT2D eigenvalue weighted by Gasteiger charge is 2.30. The van der Waals surface area contributed by atoms with Gasteiger partial charge in [0.1, 0.15) is 5.01 Å². The van der Waals surface area contributed by atoms with Gasteiger partial charge in [-0.25, -0.2) is 4.98 Å². The Bertz CT molecular complexity index is 982. The molecule has 3 rings (SSSR count). The first-order valence-corrected chi connectivity index (χ1v) is 9.59. The maximum Gasteiger partial charge on any atom is 0.416 e. The number of nitrogens with one attached hydrogen (secondary N) is 1. The lowest BCUT2D eigenvalue weighted by Crippen LogP contribution is -2.25. The average molecular weight is 406 g/mol. The van der Waals surface area contributed by atoms with Gasteiger partial charge in [-0.3, -0.25) is 4.79 Å². The fourth-order valence-corrected chi connectivity index (χ4v) is 3.82. The summed E-state index contributed by atoms with van der Waals surface area (Å²) in [5, 5.41) is 7.30. The molecule has 2 heterocycles. The zero-order valence-electron chi connectivity index (χ0n) is 13.8. The van der Waals surface area contributed by atoms with Crippen molar-refractivity contribution in [1.82, 2.24) is 10.3 Å². The molecule has 0 saturated heterocycles. The van der Waals surface area contributed by atoms with Gasteiger partial charge in [-0.2, -0.15) is 13.2 Å². The van der Waals surface area contributed by atoms with Gasteiger partial charge in [0.25, 0.3) is 0 Å². The second-order valence-corrected chi connectivity index (χ2v) is 7.26. The molecule has 0 atom stereocenters. The van der Waals surface area contributed by atoms with Crippen LogP contribution in [0.4, 0.5) is 13.2 Å². The Balaban J connectivity index is 1.51. The molecule has 0 fully saturated rings. The second kappa shape index (κ2) is 8.37. The molecule has 0 aliphatic rings. The lowest BCUT2D eigenvalue weighted by Gasteiger charge is -2.05. The largest absolute Gasteiger partial charge is 0.416 e. The Morgan fingerprint density at radius 3 is 2.78 bits per heavy atom. The van der Waals surface area contributed by atoms with Crippen LogP contribution in [0.1, 0.15) is 16.8 Å². The summed E-state index contributed by atoms with van der Waals surface area (Å²) in [5.41, 5.74) is 0.175. The number of nitrogens with zero attached hydrogens (tertiary/aromatic N) is 1. The normalized spacial score (nSPS) is 10.9. The molecule has 0 aliphatic heterocycles. The molecule has 0 saturated carbocycles. The number of hydrogen-bond donors (Lipinski definition) is 1. The molecule has 0 radical (unpaired) electrons. The lowest BCUT2D eigenvalue weighted by atomic mass is 10.1. The summed E-state index contributed by atoms with van der Waals surface area (Å²) < 4.78 is 38.0. The summed E-state index contributed by atoms with van der Waals surface area (Å²) in [7, 11) is 0. The first-order chi connectivity index (χ1) is 12.9. The van der Waals surface area contributed by atoms with E-state index in [0.29, 0.717) is 5.69 Å². The molecule has 0 unspecified atom stereocenters. The molecule has 1 N–H and O–H groups in total. The highest BCUT2D eigenvalue weighted by Crippen LogP contribution is 2.29. The van der Waals surface area contributed by atoms with Crippen molar-refractivity contribution >= 4 is 28.6 Å². The number of carbonyl (C=O) groups is 1. The number of amides is 1. The van der Waals surface area contributed by atoms with Crippen LogP contribution in [0, 0.1) is 11.8 Å². The Kier molecular flexibility index (Phi) is 5.94. The molecule has 0 spiro atoms. The molecule has 3 nitrogen and oxygen atoms in total. The first kappa shape index (κ1) is 19.1. The Labute approximate surface area is 161 Å². The Morgan fingerprint density at radius 1 is 1.19 bits per heavy atom. The quantitative estimate of drug-likeness (QED) is 0.644. The third-order valence-electron chi connectivity index (χ3n) is 3.42. The fourth-order valence-electron chi connectivity index (χ4n) is 2.19. The van der Waals surface area contributed by atoms with Crippen molar-refractivity contribution in [2.45, 2.75) is 12.6 Å². The number of thiophene rings is 1. The zero-order chi connectivity index (χ0) is 19.3. The molecule has 2 aromatic heterocycles. The standard InChI is InChI=1S/C19H13F3N2OS2/c20-19(21,22)14-6-1-4-13(10-14)5-2-8-23-17(25)11-15-12-27-18(24-15)16-7-3-9-26-16/h1,3-4,6-7,9-10,12H,8,11H2,(H,23,25). The summed E-state index contributed by atoms with van der Waals surface area (Å²) in [4.78, 5) is 17.4. The molecule has 1 amide bonds. The van der Waals surface area contributed by atoms with Gasteiger partial charge < -0.3 is 5.32 Å². The second-order valence-electron chi connectivity index (χ2n) is 5.46. The molecular weight excluding hydrogens is 393 g/mol. The van der Waals surface area contributed by atoms with Gasteiger partial charge in [-0.05, 0) is 29.6 Å². The van der Waals surface area contributed by atoms with Gasteiger partial charge in [-0.1, -0.05) is 24.0 Å². The van der Waals surface area contributed by atoms with Crippen molar-refractivity contribution in [3.8, 4) is 21.7 Å². The molecule has 0 bridgehead atoms. The highest BCUT2D eigenvalue weighted by molar-refractivity contribution is 7.20. The number of thiazole rings is 1. The molecule has 1 aromatic carbocycles. The van der Waals surface area contributed by atoms with Crippen LogP contribution < -0.4 is 5.32 Å². The predicted molar refractivity (Wildman–Crippen MR) is 100 cm³/mol. The van der Waals surface area contributed by atoms with Crippen LogP contribution >= 0.6 is 22.7 Å². The van der Waals surface area contributed by atoms with Gasteiger partial charge in [0.05, 0.1) is 29.1 Å². The summed E-state index contributed by atoms with van der Waals surface area (Å²) in [6, 6.07) is 8.68. The van der Waals surface area contributed by atoms with Crippen molar-refractivity contribution in [3.63, 3.8) is 0 Å². The van der Waals surface area contributed by atoms with E-state index in [1.165, 1.54) is 23.5 Å². The van der Waals surface area contributed by atoms with Crippen molar-refractivity contribution in [2.24, 2.45) is 0 Å². The number of alkyl halides is 3. The van der Waals surface area contributed by atoms with Crippen molar-refractivity contribution in [1.29, 1.82) is 0 Å². The number of rotatable bonds is 4. The first-order valence-electron chi connectivity index (χ1n) is 7.83. The van der Waals surface area contributed by atoms with Crippen molar-refractivity contribution in [3.05, 3.63) is 64.0 Å². The van der Waals surface area contributed by atoms with E-state index in [2.05, 4.69) is 22.1 Å². The minimum absolute atomic E-state index is 0.0526. The summed E-state index contributed by atoms with van der Waals surface area (Å²) in [6.45, 7) is 0.0526. The molecule has 0 aliphatic carbocycles. The van der Waals surface area contributed by atoms with E-state index in [1.807, 2.05) is 22.9 Å². The summed E-state index contributed by atoms with van der Waals surface area (Å²) >= 11 is 3.06. The fraction of sp³-hybridized carbons (Fsp3) is 0.158. The van der Waals surface area contributed by atoms with Crippen LogP contribution in [0.25, 0.3) is 9.88 Å². The lowest BCUT2D eigenvalue weighted by molar-refractivity contribution is -0.137. The van der Waals surface area contributed by atoms with Crippen LogP contribution in [-0.4, -0.2) is 17.4 Å². The van der Waals surface area contributed by atoms with E-state index in [1.54, 1.807) is 11.3 Å². The molecule has 27 heavy (non-hydrogen) atoms. The number of benzene rings is 1. The van der Waals surface area contributed by atoms with Gasteiger partial charge in [0, 0.05) is 10.9 Å². The average Bonchev–Trinajstić information content (AvgIpc) is 3.30. The predicted octanol–water partition coefficient (Wildman–Crippen LogP) is 4.60. The Morgan fingerprint density at radius 2 is 2.04 bits per heavy atom. The maximum absolute atomic E-state index is 12.7. The van der Waals surface area contributed by atoms with E-state index in [-0.39, 0.29) is 24.4 Å². The number of halogens is 3. The monoisotopic (exact) mass is 406 g/mol. The van der Waals surface area contributed by atoms with Crippen LogP contribution in [0.15, 0.2) is 47.2 Å². The van der Waals surface area contributed by atoms with Crippen LogP contribution in [-0.2, 0) is 17.4 Å². The van der Waals surface area contributed by atoms with Crippen LogP contribution in [0.5, 0.6) is 0 Å².